The first kappa shape index (κ1) is 11.9. The second-order valence-electron chi connectivity index (χ2n) is 3.60. The largest absolute Gasteiger partial charge is 0.294 e. The Kier molecular flexibility index (Phi) is 4.04. The highest BCUT2D eigenvalue weighted by Crippen LogP contribution is 2.15. The molecule has 0 aromatic heterocycles. The second kappa shape index (κ2) is 5.08. The first-order valence-corrected chi connectivity index (χ1v) is 4.98. The molecule has 0 saturated carbocycles. The van der Waals surface area contributed by atoms with Gasteiger partial charge in [0.05, 0.1) is 0 Å². The van der Waals surface area contributed by atoms with Gasteiger partial charge in [-0.15, -0.1) is 0 Å². The first-order valence-electron chi connectivity index (χ1n) is 4.60. The lowest BCUT2D eigenvalue weighted by atomic mass is 10.1. The Hall–Kier alpha value is -1.15. The molecule has 80 valence electrons. The molecule has 1 aromatic carbocycles. The molecule has 3 heteroatoms. The fourth-order valence-electron chi connectivity index (χ4n) is 1.23. The SMILES string of the molecule is CC(C)=CC(=O)Cc1ccc(Cl)cc1F. The van der Waals surface area contributed by atoms with Gasteiger partial charge in [0.15, 0.2) is 5.78 Å². The molecule has 0 bridgehead atoms. The van der Waals surface area contributed by atoms with Crippen molar-refractivity contribution < 1.29 is 9.18 Å². The van der Waals surface area contributed by atoms with Gasteiger partial charge in [-0.1, -0.05) is 23.2 Å². The lowest BCUT2D eigenvalue weighted by Crippen LogP contribution is -2.01. The molecular formula is C12H12ClFO. The number of rotatable bonds is 3. The van der Waals surface area contributed by atoms with Gasteiger partial charge in [0.25, 0.3) is 0 Å². The highest BCUT2D eigenvalue weighted by molar-refractivity contribution is 6.30. The van der Waals surface area contributed by atoms with Crippen molar-refractivity contribution in [1.29, 1.82) is 0 Å². The lowest BCUT2D eigenvalue weighted by molar-refractivity contribution is -0.114. The van der Waals surface area contributed by atoms with Crippen molar-refractivity contribution in [3.8, 4) is 0 Å². The van der Waals surface area contributed by atoms with Crippen LogP contribution in [0.2, 0.25) is 5.02 Å². The number of hydrogen-bond donors (Lipinski definition) is 0. The molecule has 0 spiro atoms. The van der Waals surface area contributed by atoms with Crippen LogP contribution in [0.3, 0.4) is 0 Å². The summed E-state index contributed by atoms with van der Waals surface area (Å²) in [6, 6.07) is 4.33. The fourth-order valence-corrected chi connectivity index (χ4v) is 1.38. The Morgan fingerprint density at radius 2 is 2.13 bits per heavy atom. The minimum Gasteiger partial charge on any atom is -0.294 e. The minimum atomic E-state index is -0.432. The van der Waals surface area contributed by atoms with Gasteiger partial charge in [0.2, 0.25) is 0 Å². The molecule has 0 aliphatic heterocycles. The third kappa shape index (κ3) is 3.84. The van der Waals surface area contributed by atoms with Crippen LogP contribution in [-0.4, -0.2) is 5.78 Å². The molecule has 0 N–H and O–H groups in total. The number of hydrogen-bond acceptors (Lipinski definition) is 1. The Bertz CT molecular complexity index is 406. The van der Waals surface area contributed by atoms with Crippen molar-refractivity contribution in [1.82, 2.24) is 0 Å². The summed E-state index contributed by atoms with van der Waals surface area (Å²) in [7, 11) is 0. The number of halogens is 2. The van der Waals surface area contributed by atoms with E-state index in [0.29, 0.717) is 10.6 Å². The molecule has 0 aliphatic carbocycles. The zero-order chi connectivity index (χ0) is 11.4. The summed E-state index contributed by atoms with van der Waals surface area (Å²) in [5.74, 6) is -0.533. The van der Waals surface area contributed by atoms with E-state index in [1.807, 2.05) is 13.8 Å². The summed E-state index contributed by atoms with van der Waals surface area (Å²) < 4.78 is 13.3. The summed E-state index contributed by atoms with van der Waals surface area (Å²) in [6.45, 7) is 3.66. The zero-order valence-electron chi connectivity index (χ0n) is 8.68. The van der Waals surface area contributed by atoms with E-state index >= 15 is 0 Å². The van der Waals surface area contributed by atoms with E-state index in [9.17, 15) is 9.18 Å². The maximum Gasteiger partial charge on any atom is 0.160 e. The molecule has 1 rings (SSSR count). The summed E-state index contributed by atoms with van der Waals surface area (Å²) in [6.07, 6.45) is 1.59. The van der Waals surface area contributed by atoms with Gasteiger partial charge < -0.3 is 0 Å². The highest BCUT2D eigenvalue weighted by atomic mass is 35.5. The van der Waals surface area contributed by atoms with E-state index in [1.165, 1.54) is 18.2 Å². The standard InChI is InChI=1S/C12H12ClFO/c1-8(2)5-11(15)6-9-3-4-10(13)7-12(9)14/h3-5,7H,6H2,1-2H3. The molecule has 15 heavy (non-hydrogen) atoms. The number of ketones is 1. The van der Waals surface area contributed by atoms with E-state index in [-0.39, 0.29) is 12.2 Å². The molecule has 0 heterocycles. The minimum absolute atomic E-state index is 0.0776. The van der Waals surface area contributed by atoms with Gasteiger partial charge >= 0.3 is 0 Å². The predicted molar refractivity (Wildman–Crippen MR) is 59.6 cm³/mol. The van der Waals surface area contributed by atoms with Gasteiger partial charge in [-0.25, -0.2) is 4.39 Å². The van der Waals surface area contributed by atoms with Crippen LogP contribution in [0.4, 0.5) is 4.39 Å². The van der Waals surface area contributed by atoms with Crippen LogP contribution in [-0.2, 0) is 11.2 Å². The molecule has 0 unspecified atom stereocenters. The van der Waals surface area contributed by atoms with E-state index < -0.39 is 5.82 Å². The number of carbonyl (C=O) groups is 1. The van der Waals surface area contributed by atoms with Gasteiger partial charge in [-0.05, 0) is 37.6 Å². The fraction of sp³-hybridized carbons (Fsp3) is 0.250. The topological polar surface area (TPSA) is 17.1 Å². The van der Waals surface area contributed by atoms with Gasteiger partial charge in [0, 0.05) is 11.4 Å². The van der Waals surface area contributed by atoms with Crippen molar-refractivity contribution in [2.24, 2.45) is 0 Å². The Balaban J connectivity index is 2.82. The molecule has 0 fully saturated rings. The van der Waals surface area contributed by atoms with E-state index in [2.05, 4.69) is 0 Å². The molecule has 1 aromatic rings. The van der Waals surface area contributed by atoms with Crippen molar-refractivity contribution in [3.63, 3.8) is 0 Å². The average molecular weight is 227 g/mol. The molecule has 0 radical (unpaired) electrons. The predicted octanol–water partition coefficient (Wildman–Crippen LogP) is 3.56. The molecule has 0 atom stereocenters. The van der Waals surface area contributed by atoms with Crippen LogP contribution in [0.5, 0.6) is 0 Å². The van der Waals surface area contributed by atoms with Crippen LogP contribution >= 0.6 is 11.6 Å². The molecular weight excluding hydrogens is 215 g/mol. The lowest BCUT2D eigenvalue weighted by Gasteiger charge is -2.01. The van der Waals surface area contributed by atoms with Gasteiger partial charge in [-0.3, -0.25) is 4.79 Å². The van der Waals surface area contributed by atoms with Gasteiger partial charge in [0.1, 0.15) is 5.82 Å². The Morgan fingerprint density at radius 1 is 1.47 bits per heavy atom. The van der Waals surface area contributed by atoms with E-state index in [4.69, 9.17) is 11.6 Å². The third-order valence-electron chi connectivity index (χ3n) is 1.83. The van der Waals surface area contributed by atoms with Crippen molar-refractivity contribution >= 4 is 17.4 Å². The third-order valence-corrected chi connectivity index (χ3v) is 2.06. The van der Waals surface area contributed by atoms with E-state index in [0.717, 1.165) is 5.57 Å². The number of allylic oxidation sites excluding steroid dienone is 2. The Morgan fingerprint density at radius 3 is 2.67 bits per heavy atom. The monoisotopic (exact) mass is 226 g/mol. The van der Waals surface area contributed by atoms with E-state index in [1.54, 1.807) is 6.07 Å². The Labute approximate surface area is 93.6 Å². The smallest absolute Gasteiger partial charge is 0.160 e. The maximum absolute atomic E-state index is 13.3. The second-order valence-corrected chi connectivity index (χ2v) is 4.04. The molecule has 1 nitrogen and oxygen atoms in total. The van der Waals surface area contributed by atoms with Crippen LogP contribution in [0.15, 0.2) is 29.8 Å². The molecule has 0 amide bonds. The van der Waals surface area contributed by atoms with Crippen molar-refractivity contribution in [3.05, 3.63) is 46.3 Å². The summed E-state index contributed by atoms with van der Waals surface area (Å²) in [5, 5.41) is 0.339. The molecule has 0 saturated heterocycles. The van der Waals surface area contributed by atoms with Crippen LogP contribution in [0.1, 0.15) is 19.4 Å². The van der Waals surface area contributed by atoms with Gasteiger partial charge in [-0.2, -0.15) is 0 Å². The van der Waals surface area contributed by atoms with Crippen LogP contribution in [0, 0.1) is 5.82 Å². The van der Waals surface area contributed by atoms with Crippen LogP contribution in [0.25, 0.3) is 0 Å². The average Bonchev–Trinajstić information content (AvgIpc) is 2.08. The summed E-state index contributed by atoms with van der Waals surface area (Å²) in [5.41, 5.74) is 1.29. The normalized spacial score (nSPS) is 9.87. The maximum atomic E-state index is 13.3. The number of carbonyl (C=O) groups excluding carboxylic acids is 1. The summed E-state index contributed by atoms with van der Waals surface area (Å²) >= 11 is 5.60. The number of benzene rings is 1. The highest BCUT2D eigenvalue weighted by Gasteiger charge is 2.06. The molecule has 0 aliphatic rings. The van der Waals surface area contributed by atoms with Crippen molar-refractivity contribution in [2.45, 2.75) is 20.3 Å². The van der Waals surface area contributed by atoms with Crippen LogP contribution < -0.4 is 0 Å². The quantitative estimate of drug-likeness (QED) is 0.721. The zero-order valence-corrected chi connectivity index (χ0v) is 9.44. The van der Waals surface area contributed by atoms with Crippen molar-refractivity contribution in [2.75, 3.05) is 0 Å². The first-order chi connectivity index (χ1) is 6.99. The summed E-state index contributed by atoms with van der Waals surface area (Å²) in [4.78, 5) is 11.4.